The van der Waals surface area contributed by atoms with Crippen molar-refractivity contribution in [3.8, 4) is 0 Å². The molecule has 0 aliphatic carbocycles. The number of nitrogens with one attached hydrogen (secondary N) is 1. The summed E-state index contributed by atoms with van der Waals surface area (Å²) in [6, 6.07) is 7.46. The second-order valence-electron chi connectivity index (χ2n) is 3.58. The van der Waals surface area contributed by atoms with Crippen LogP contribution in [-0.2, 0) is 11.3 Å². The highest BCUT2D eigenvalue weighted by atomic mass is 35.5. The van der Waals surface area contributed by atoms with E-state index in [0.717, 1.165) is 18.4 Å². The van der Waals surface area contributed by atoms with Gasteiger partial charge in [-0.25, -0.2) is 0 Å². The molecule has 1 rings (SSSR count). The zero-order valence-corrected chi connectivity index (χ0v) is 9.96. The Morgan fingerprint density at radius 3 is 2.69 bits per heavy atom. The zero-order chi connectivity index (χ0) is 11.8. The Morgan fingerprint density at radius 2 is 2.06 bits per heavy atom. The lowest BCUT2D eigenvalue weighted by molar-refractivity contribution is -0.121. The van der Waals surface area contributed by atoms with E-state index in [1.807, 2.05) is 30.3 Å². The second-order valence-corrected chi connectivity index (χ2v) is 4.02. The van der Waals surface area contributed by atoms with E-state index in [1.165, 1.54) is 0 Å². The van der Waals surface area contributed by atoms with Crippen LogP contribution in [0.25, 0.3) is 0 Å². The summed E-state index contributed by atoms with van der Waals surface area (Å²) in [5.74, 6) is 0.0804. The van der Waals surface area contributed by atoms with Gasteiger partial charge in [0.05, 0.1) is 0 Å². The van der Waals surface area contributed by atoms with Crippen molar-refractivity contribution < 1.29 is 4.79 Å². The maximum absolute atomic E-state index is 11.4. The molecule has 1 N–H and O–H groups in total. The summed E-state index contributed by atoms with van der Waals surface area (Å²) >= 11 is 5.76. The number of amides is 1. The summed E-state index contributed by atoms with van der Waals surface area (Å²) < 4.78 is 0. The Hall–Kier alpha value is -1.28. The van der Waals surface area contributed by atoms with Gasteiger partial charge in [0.25, 0.3) is 0 Å². The molecule has 16 heavy (non-hydrogen) atoms. The fraction of sp³-hybridized carbons (Fsp3) is 0.308. The molecule has 0 aliphatic heterocycles. The Labute approximate surface area is 101 Å². The van der Waals surface area contributed by atoms with Gasteiger partial charge >= 0.3 is 0 Å². The fourth-order valence-electron chi connectivity index (χ4n) is 1.30. The molecule has 0 radical (unpaired) electrons. The lowest BCUT2D eigenvalue weighted by atomic mass is 10.2. The molecule has 1 aromatic rings. The van der Waals surface area contributed by atoms with Crippen LogP contribution in [0.4, 0.5) is 0 Å². The van der Waals surface area contributed by atoms with E-state index in [1.54, 1.807) is 0 Å². The van der Waals surface area contributed by atoms with Gasteiger partial charge in [-0.05, 0) is 30.5 Å². The van der Waals surface area contributed by atoms with Crippen molar-refractivity contribution in [1.29, 1.82) is 0 Å². The summed E-state index contributed by atoms with van der Waals surface area (Å²) in [5, 5.41) is 3.57. The molecule has 3 heteroatoms. The molecule has 2 nitrogen and oxygen atoms in total. The molecule has 0 saturated heterocycles. The van der Waals surface area contributed by atoms with E-state index < -0.39 is 0 Å². The maximum atomic E-state index is 11.4. The Kier molecular flexibility index (Phi) is 5.65. The lowest BCUT2D eigenvalue weighted by Gasteiger charge is -2.04. The largest absolute Gasteiger partial charge is 0.352 e. The predicted octanol–water partition coefficient (Wildman–Crippen LogP) is 3.31. The van der Waals surface area contributed by atoms with Crippen LogP contribution in [0.3, 0.4) is 0 Å². The first-order chi connectivity index (χ1) is 7.72. The minimum atomic E-state index is 0.0804. The van der Waals surface area contributed by atoms with Gasteiger partial charge < -0.3 is 5.32 Å². The molecule has 0 spiro atoms. The average molecular weight is 238 g/mol. The van der Waals surface area contributed by atoms with Crippen molar-refractivity contribution >= 4 is 17.5 Å². The number of carbonyl (C=O) groups is 1. The van der Waals surface area contributed by atoms with Gasteiger partial charge in [0.2, 0.25) is 5.91 Å². The summed E-state index contributed by atoms with van der Waals surface area (Å²) in [4.78, 5) is 11.4. The highest BCUT2D eigenvalue weighted by Crippen LogP contribution is 2.09. The smallest absolute Gasteiger partial charge is 0.220 e. The highest BCUT2D eigenvalue weighted by Gasteiger charge is 2.00. The van der Waals surface area contributed by atoms with E-state index in [-0.39, 0.29) is 5.91 Å². The van der Waals surface area contributed by atoms with Gasteiger partial charge in [0, 0.05) is 18.0 Å². The van der Waals surface area contributed by atoms with E-state index in [4.69, 9.17) is 11.6 Å². The van der Waals surface area contributed by atoms with Crippen molar-refractivity contribution in [3.05, 3.63) is 47.5 Å². The van der Waals surface area contributed by atoms with Crippen LogP contribution in [0.1, 0.15) is 24.8 Å². The van der Waals surface area contributed by atoms with E-state index in [2.05, 4.69) is 11.9 Å². The highest BCUT2D eigenvalue weighted by molar-refractivity contribution is 6.30. The molecule has 0 fully saturated rings. The number of hydrogen-bond donors (Lipinski definition) is 1. The fourth-order valence-corrected chi connectivity index (χ4v) is 1.42. The van der Waals surface area contributed by atoms with Crippen LogP contribution in [-0.4, -0.2) is 5.91 Å². The normalized spacial score (nSPS) is 9.81. The topological polar surface area (TPSA) is 29.1 Å². The monoisotopic (exact) mass is 237 g/mol. The number of hydrogen-bond acceptors (Lipinski definition) is 1. The van der Waals surface area contributed by atoms with Crippen LogP contribution >= 0.6 is 11.6 Å². The number of carbonyl (C=O) groups excluding carboxylic acids is 1. The van der Waals surface area contributed by atoms with Crippen molar-refractivity contribution in [3.63, 3.8) is 0 Å². The van der Waals surface area contributed by atoms with Gasteiger partial charge in [0.1, 0.15) is 0 Å². The Balaban J connectivity index is 2.26. The summed E-state index contributed by atoms with van der Waals surface area (Å²) in [6.07, 6.45) is 4.12. The summed E-state index contributed by atoms with van der Waals surface area (Å²) in [6.45, 7) is 4.17. The minimum Gasteiger partial charge on any atom is -0.352 e. The summed E-state index contributed by atoms with van der Waals surface area (Å²) in [7, 11) is 0. The molecule has 0 aromatic heterocycles. The van der Waals surface area contributed by atoms with Gasteiger partial charge in [0.15, 0.2) is 0 Å². The first-order valence-electron chi connectivity index (χ1n) is 5.34. The quantitative estimate of drug-likeness (QED) is 0.597. The second kappa shape index (κ2) is 7.07. The number of allylic oxidation sites excluding steroid dienone is 1. The van der Waals surface area contributed by atoms with Gasteiger partial charge in [-0.2, -0.15) is 0 Å². The van der Waals surface area contributed by atoms with Crippen molar-refractivity contribution in [2.45, 2.75) is 25.8 Å². The molecule has 0 heterocycles. The van der Waals surface area contributed by atoms with Crippen molar-refractivity contribution in [2.75, 3.05) is 0 Å². The van der Waals surface area contributed by atoms with Gasteiger partial charge in [-0.3, -0.25) is 4.79 Å². The molecule has 0 bridgehead atoms. The molecule has 1 aromatic carbocycles. The van der Waals surface area contributed by atoms with E-state index >= 15 is 0 Å². The number of rotatable bonds is 6. The molecule has 0 saturated carbocycles. The first-order valence-corrected chi connectivity index (χ1v) is 5.72. The standard InChI is InChI=1S/C13H16ClNO/c1-2-3-4-5-13(16)15-10-11-6-8-12(14)9-7-11/h2,6-9H,1,3-5,10H2,(H,15,16). The van der Waals surface area contributed by atoms with Crippen LogP contribution in [0.15, 0.2) is 36.9 Å². The zero-order valence-electron chi connectivity index (χ0n) is 9.21. The van der Waals surface area contributed by atoms with Crippen LogP contribution in [0, 0.1) is 0 Å². The number of benzene rings is 1. The van der Waals surface area contributed by atoms with Crippen molar-refractivity contribution in [2.24, 2.45) is 0 Å². The van der Waals surface area contributed by atoms with E-state index in [9.17, 15) is 4.79 Å². The SMILES string of the molecule is C=CCCCC(=O)NCc1ccc(Cl)cc1. The number of unbranched alkanes of at least 4 members (excludes halogenated alkanes) is 1. The van der Waals surface area contributed by atoms with Crippen LogP contribution < -0.4 is 5.32 Å². The van der Waals surface area contributed by atoms with E-state index in [0.29, 0.717) is 18.0 Å². The van der Waals surface area contributed by atoms with Crippen molar-refractivity contribution in [1.82, 2.24) is 5.32 Å². The molecule has 0 atom stereocenters. The molecular formula is C13H16ClNO. The lowest BCUT2D eigenvalue weighted by Crippen LogP contribution is -2.22. The Bertz CT molecular complexity index is 345. The molecule has 0 unspecified atom stereocenters. The van der Waals surface area contributed by atoms with Crippen LogP contribution in [0.5, 0.6) is 0 Å². The third kappa shape index (κ3) is 4.99. The third-order valence-electron chi connectivity index (χ3n) is 2.22. The van der Waals surface area contributed by atoms with Gasteiger partial charge in [-0.15, -0.1) is 6.58 Å². The molecule has 86 valence electrons. The first kappa shape index (κ1) is 12.8. The maximum Gasteiger partial charge on any atom is 0.220 e. The Morgan fingerprint density at radius 1 is 1.38 bits per heavy atom. The molecule has 1 amide bonds. The molecule has 0 aliphatic rings. The number of halogens is 1. The van der Waals surface area contributed by atoms with Crippen LogP contribution in [0.2, 0.25) is 5.02 Å². The minimum absolute atomic E-state index is 0.0804. The van der Waals surface area contributed by atoms with Gasteiger partial charge in [-0.1, -0.05) is 29.8 Å². The third-order valence-corrected chi connectivity index (χ3v) is 2.47. The predicted molar refractivity (Wildman–Crippen MR) is 67.3 cm³/mol. The summed E-state index contributed by atoms with van der Waals surface area (Å²) in [5.41, 5.74) is 1.06. The average Bonchev–Trinajstić information content (AvgIpc) is 2.29. The molecular weight excluding hydrogens is 222 g/mol.